The lowest BCUT2D eigenvalue weighted by atomic mass is 10.2. The number of hydrogen-bond donors (Lipinski definition) is 2. The fraction of sp³-hybridized carbons (Fsp3) is 0.182. The van der Waals surface area contributed by atoms with E-state index in [0.29, 0.717) is 0 Å². The van der Waals surface area contributed by atoms with Crippen LogP contribution in [0.25, 0.3) is 6.08 Å². The van der Waals surface area contributed by atoms with Crippen molar-refractivity contribution in [3.63, 3.8) is 0 Å². The van der Waals surface area contributed by atoms with Gasteiger partial charge < -0.3 is 14.9 Å². The highest BCUT2D eigenvalue weighted by atomic mass is 16.5. The Bertz CT molecular complexity index is 340. The number of phenols is 1. The Morgan fingerprint density at radius 2 is 2.00 bits per heavy atom. The zero-order chi connectivity index (χ0) is 11.1. The van der Waals surface area contributed by atoms with Crippen LogP contribution in [0.1, 0.15) is 5.56 Å². The summed E-state index contributed by atoms with van der Waals surface area (Å²) in [6.45, 7) is -0.183. The normalized spacial score (nSPS) is 10.5. The largest absolute Gasteiger partial charge is 0.508 e. The predicted octanol–water partition coefficient (Wildman–Crippen LogP) is 0.941. The van der Waals surface area contributed by atoms with Gasteiger partial charge in [0.2, 0.25) is 0 Å². The van der Waals surface area contributed by atoms with Crippen LogP contribution in [0.4, 0.5) is 0 Å². The lowest BCUT2D eigenvalue weighted by Crippen LogP contribution is -2.04. The summed E-state index contributed by atoms with van der Waals surface area (Å²) >= 11 is 0. The van der Waals surface area contributed by atoms with Crippen molar-refractivity contribution >= 4 is 12.0 Å². The van der Waals surface area contributed by atoms with Gasteiger partial charge in [0, 0.05) is 6.08 Å². The van der Waals surface area contributed by atoms with Gasteiger partial charge in [0.05, 0.1) is 6.61 Å². The van der Waals surface area contributed by atoms with Crippen molar-refractivity contribution in [1.29, 1.82) is 0 Å². The van der Waals surface area contributed by atoms with Crippen molar-refractivity contribution in [2.75, 3.05) is 13.2 Å². The third kappa shape index (κ3) is 4.28. The summed E-state index contributed by atoms with van der Waals surface area (Å²) in [5.74, 6) is -0.327. The average Bonchev–Trinajstić information content (AvgIpc) is 2.25. The van der Waals surface area contributed by atoms with Gasteiger partial charge >= 0.3 is 5.97 Å². The predicted molar refractivity (Wildman–Crippen MR) is 55.2 cm³/mol. The first-order valence-corrected chi connectivity index (χ1v) is 4.47. The fourth-order valence-electron chi connectivity index (χ4n) is 0.944. The molecule has 1 aromatic rings. The second-order valence-electron chi connectivity index (χ2n) is 2.82. The molecule has 0 radical (unpaired) electrons. The molecule has 0 amide bonds. The number of carbonyl (C=O) groups excluding carboxylic acids is 1. The van der Waals surface area contributed by atoms with Gasteiger partial charge in [-0.15, -0.1) is 0 Å². The fourth-order valence-corrected chi connectivity index (χ4v) is 0.944. The lowest BCUT2D eigenvalue weighted by molar-refractivity contribution is -0.138. The maximum absolute atomic E-state index is 11.0. The number of esters is 1. The molecule has 0 fully saturated rings. The third-order valence-corrected chi connectivity index (χ3v) is 1.64. The summed E-state index contributed by atoms with van der Waals surface area (Å²) in [5, 5.41) is 17.4. The van der Waals surface area contributed by atoms with Crippen molar-refractivity contribution < 1.29 is 19.7 Å². The van der Waals surface area contributed by atoms with Crippen molar-refractivity contribution in [2.45, 2.75) is 0 Å². The van der Waals surface area contributed by atoms with Crippen LogP contribution >= 0.6 is 0 Å². The zero-order valence-corrected chi connectivity index (χ0v) is 8.09. The van der Waals surface area contributed by atoms with E-state index >= 15 is 0 Å². The van der Waals surface area contributed by atoms with Crippen LogP contribution in [0.5, 0.6) is 5.75 Å². The number of rotatable bonds is 4. The Hall–Kier alpha value is -1.81. The standard InChI is InChI=1S/C11H12O4/c12-7-8-15-11(14)6-3-9-1-4-10(13)5-2-9/h1-6,12-13H,7-8H2/b6-3-. The molecule has 0 aliphatic rings. The van der Waals surface area contributed by atoms with Crippen LogP contribution in [-0.2, 0) is 9.53 Å². The Morgan fingerprint density at radius 1 is 1.33 bits per heavy atom. The molecule has 0 unspecified atom stereocenters. The van der Waals surface area contributed by atoms with Crippen molar-refractivity contribution in [2.24, 2.45) is 0 Å². The first-order chi connectivity index (χ1) is 7.22. The highest BCUT2D eigenvalue weighted by molar-refractivity contribution is 5.87. The number of aromatic hydroxyl groups is 1. The van der Waals surface area contributed by atoms with Crippen LogP contribution in [0, 0.1) is 0 Å². The van der Waals surface area contributed by atoms with E-state index in [1.807, 2.05) is 0 Å². The van der Waals surface area contributed by atoms with Crippen molar-refractivity contribution in [3.05, 3.63) is 35.9 Å². The minimum Gasteiger partial charge on any atom is -0.508 e. The SMILES string of the molecule is O=C(/C=C\c1ccc(O)cc1)OCCO. The van der Waals surface area contributed by atoms with E-state index < -0.39 is 5.97 Å². The van der Waals surface area contributed by atoms with Crippen LogP contribution in [0.15, 0.2) is 30.3 Å². The number of aliphatic hydroxyl groups excluding tert-OH is 1. The van der Waals surface area contributed by atoms with Crippen LogP contribution in [0.3, 0.4) is 0 Å². The molecular weight excluding hydrogens is 196 g/mol. The number of ether oxygens (including phenoxy) is 1. The van der Waals surface area contributed by atoms with Crippen LogP contribution in [0.2, 0.25) is 0 Å². The number of phenolic OH excluding ortho intramolecular Hbond substituents is 1. The van der Waals surface area contributed by atoms with Gasteiger partial charge in [-0.1, -0.05) is 12.1 Å². The smallest absolute Gasteiger partial charge is 0.330 e. The van der Waals surface area contributed by atoms with E-state index in [-0.39, 0.29) is 19.0 Å². The topological polar surface area (TPSA) is 66.8 Å². The van der Waals surface area contributed by atoms with Crippen molar-refractivity contribution in [1.82, 2.24) is 0 Å². The lowest BCUT2D eigenvalue weighted by Gasteiger charge is -1.97. The van der Waals surface area contributed by atoms with Gasteiger partial charge in [-0.2, -0.15) is 0 Å². The number of aliphatic hydroxyl groups is 1. The summed E-state index contributed by atoms with van der Waals surface area (Å²) in [4.78, 5) is 11.0. The van der Waals surface area contributed by atoms with E-state index in [1.165, 1.54) is 18.2 Å². The van der Waals surface area contributed by atoms with Crippen LogP contribution < -0.4 is 0 Å². The summed E-state index contributed by atoms with van der Waals surface area (Å²) in [5.41, 5.74) is 0.786. The second-order valence-corrected chi connectivity index (χ2v) is 2.82. The zero-order valence-electron chi connectivity index (χ0n) is 8.09. The maximum Gasteiger partial charge on any atom is 0.330 e. The van der Waals surface area contributed by atoms with E-state index in [0.717, 1.165) is 5.56 Å². The van der Waals surface area contributed by atoms with Gasteiger partial charge in [-0.25, -0.2) is 4.79 Å². The number of benzene rings is 1. The van der Waals surface area contributed by atoms with Gasteiger partial charge in [0.25, 0.3) is 0 Å². The quantitative estimate of drug-likeness (QED) is 0.571. The van der Waals surface area contributed by atoms with Gasteiger partial charge in [0.15, 0.2) is 0 Å². The van der Waals surface area contributed by atoms with Crippen molar-refractivity contribution in [3.8, 4) is 5.75 Å². The molecule has 0 bridgehead atoms. The molecule has 1 rings (SSSR count). The molecule has 0 aliphatic carbocycles. The van der Waals surface area contributed by atoms with Gasteiger partial charge in [-0.05, 0) is 23.8 Å². The number of carbonyl (C=O) groups is 1. The van der Waals surface area contributed by atoms with Gasteiger partial charge in [-0.3, -0.25) is 0 Å². The Morgan fingerprint density at radius 3 is 2.60 bits per heavy atom. The second kappa shape index (κ2) is 5.82. The summed E-state index contributed by atoms with van der Waals surface area (Å²) in [6, 6.07) is 6.40. The van der Waals surface area contributed by atoms with E-state index in [9.17, 15) is 4.79 Å². The molecule has 15 heavy (non-hydrogen) atoms. The molecule has 4 nitrogen and oxygen atoms in total. The van der Waals surface area contributed by atoms with Gasteiger partial charge in [0.1, 0.15) is 12.4 Å². The van der Waals surface area contributed by atoms with E-state index in [1.54, 1.807) is 18.2 Å². The Balaban J connectivity index is 2.50. The maximum atomic E-state index is 11.0. The molecule has 80 valence electrons. The minimum atomic E-state index is -0.503. The highest BCUT2D eigenvalue weighted by Gasteiger charge is 1.95. The molecule has 0 saturated heterocycles. The molecular formula is C11H12O4. The average molecular weight is 208 g/mol. The molecule has 0 aliphatic heterocycles. The summed E-state index contributed by atoms with van der Waals surface area (Å²) in [6.07, 6.45) is 2.83. The first-order valence-electron chi connectivity index (χ1n) is 4.47. The molecule has 0 heterocycles. The molecule has 0 saturated carbocycles. The molecule has 0 aromatic heterocycles. The van der Waals surface area contributed by atoms with Crippen LogP contribution in [-0.4, -0.2) is 29.4 Å². The Kier molecular flexibility index (Phi) is 4.37. The molecule has 0 spiro atoms. The minimum absolute atomic E-state index is 0.00124. The molecule has 0 atom stereocenters. The number of hydrogen-bond acceptors (Lipinski definition) is 4. The molecule has 1 aromatic carbocycles. The van der Waals surface area contributed by atoms with E-state index in [2.05, 4.69) is 4.74 Å². The monoisotopic (exact) mass is 208 g/mol. The molecule has 2 N–H and O–H groups in total. The summed E-state index contributed by atoms with van der Waals surface area (Å²) in [7, 11) is 0. The van der Waals surface area contributed by atoms with E-state index in [4.69, 9.17) is 10.2 Å². The highest BCUT2D eigenvalue weighted by Crippen LogP contribution is 2.10. The Labute approximate surface area is 87.4 Å². The third-order valence-electron chi connectivity index (χ3n) is 1.64. The molecule has 4 heteroatoms. The first kappa shape index (κ1) is 11.3. The summed E-state index contributed by atoms with van der Waals surface area (Å²) < 4.78 is 4.61.